The normalized spacial score (nSPS) is 18.2. The van der Waals surface area contributed by atoms with Gasteiger partial charge in [0.1, 0.15) is 12.4 Å². The molecule has 1 amide bonds. The summed E-state index contributed by atoms with van der Waals surface area (Å²) >= 11 is 0. The number of hydrogen-bond donors (Lipinski definition) is 0. The van der Waals surface area contributed by atoms with Gasteiger partial charge in [0.05, 0.1) is 30.7 Å². The lowest BCUT2D eigenvalue weighted by molar-refractivity contribution is -0.151. The molecular formula is C24H26N2O4. The van der Waals surface area contributed by atoms with Crippen molar-refractivity contribution < 1.29 is 19.1 Å². The molecule has 3 rings (SSSR count). The summed E-state index contributed by atoms with van der Waals surface area (Å²) in [6.45, 7) is 2.80. The molecule has 0 aromatic heterocycles. The Morgan fingerprint density at radius 2 is 1.87 bits per heavy atom. The Morgan fingerprint density at radius 3 is 2.47 bits per heavy atom. The highest BCUT2D eigenvalue weighted by molar-refractivity contribution is 5.88. The first kappa shape index (κ1) is 21.4. The minimum absolute atomic E-state index is 0.0235. The predicted octanol–water partition coefficient (Wildman–Crippen LogP) is 4.00. The van der Waals surface area contributed by atoms with E-state index < -0.39 is 5.92 Å². The van der Waals surface area contributed by atoms with E-state index in [0.29, 0.717) is 12.1 Å². The number of methoxy groups -OCH3 is 1. The Hall–Kier alpha value is -3.33. The molecule has 6 nitrogen and oxygen atoms in total. The first-order valence-electron chi connectivity index (χ1n) is 10.2. The van der Waals surface area contributed by atoms with Crippen LogP contribution in [0.25, 0.3) is 0 Å². The summed E-state index contributed by atoms with van der Waals surface area (Å²) in [5.74, 6) is -0.235. The van der Waals surface area contributed by atoms with Crippen molar-refractivity contribution in [1.82, 2.24) is 4.90 Å². The lowest BCUT2D eigenvalue weighted by Gasteiger charge is -2.28. The number of ether oxygens (including phenoxy) is 2. The number of hydrogen-bond acceptors (Lipinski definition) is 5. The van der Waals surface area contributed by atoms with Crippen LogP contribution in [0.4, 0.5) is 0 Å². The SMILES string of the molecule is CCCCN1C(=O)C[C@@H](C(=O)OCc2ccc(C#N)cc2)[C@H]1c1ccc(OC)cc1. The van der Waals surface area contributed by atoms with E-state index in [0.717, 1.165) is 29.7 Å². The fraction of sp³-hybridized carbons (Fsp3) is 0.375. The summed E-state index contributed by atoms with van der Waals surface area (Å²) in [6, 6.07) is 16.1. The van der Waals surface area contributed by atoms with Crippen molar-refractivity contribution in [3.63, 3.8) is 0 Å². The molecule has 156 valence electrons. The molecule has 0 saturated carbocycles. The van der Waals surface area contributed by atoms with Crippen LogP contribution in [0, 0.1) is 17.2 Å². The molecule has 6 heteroatoms. The molecule has 1 aliphatic rings. The smallest absolute Gasteiger partial charge is 0.312 e. The molecule has 1 heterocycles. The number of unbranched alkanes of at least 4 members (excludes halogenated alkanes) is 1. The van der Waals surface area contributed by atoms with Crippen molar-refractivity contribution in [3.05, 3.63) is 65.2 Å². The van der Waals surface area contributed by atoms with Gasteiger partial charge >= 0.3 is 5.97 Å². The average Bonchev–Trinajstić information content (AvgIpc) is 3.12. The molecule has 0 spiro atoms. The average molecular weight is 406 g/mol. The van der Waals surface area contributed by atoms with Gasteiger partial charge in [-0.3, -0.25) is 9.59 Å². The van der Waals surface area contributed by atoms with Crippen molar-refractivity contribution in [3.8, 4) is 11.8 Å². The molecule has 1 fully saturated rings. The molecule has 0 bridgehead atoms. The topological polar surface area (TPSA) is 79.6 Å². The number of likely N-dealkylation sites (tertiary alicyclic amines) is 1. The molecule has 0 N–H and O–H groups in total. The minimum Gasteiger partial charge on any atom is -0.497 e. The van der Waals surface area contributed by atoms with Crippen LogP contribution in [0.1, 0.15) is 48.9 Å². The summed E-state index contributed by atoms with van der Waals surface area (Å²) < 4.78 is 10.8. The number of carbonyl (C=O) groups is 2. The summed E-state index contributed by atoms with van der Waals surface area (Å²) in [7, 11) is 1.60. The van der Waals surface area contributed by atoms with Crippen LogP contribution in [0.5, 0.6) is 5.75 Å². The zero-order chi connectivity index (χ0) is 21.5. The number of nitriles is 1. The van der Waals surface area contributed by atoms with Gasteiger partial charge in [-0.15, -0.1) is 0 Å². The minimum atomic E-state index is -0.555. The van der Waals surface area contributed by atoms with Gasteiger partial charge < -0.3 is 14.4 Å². The molecule has 1 aliphatic heterocycles. The van der Waals surface area contributed by atoms with E-state index in [1.807, 2.05) is 24.3 Å². The number of nitrogens with zero attached hydrogens (tertiary/aromatic N) is 2. The first-order valence-corrected chi connectivity index (χ1v) is 10.2. The third-order valence-corrected chi connectivity index (χ3v) is 5.41. The van der Waals surface area contributed by atoms with Crippen molar-refractivity contribution >= 4 is 11.9 Å². The number of benzene rings is 2. The third kappa shape index (κ3) is 4.80. The number of esters is 1. The Labute approximate surface area is 177 Å². The number of amides is 1. The van der Waals surface area contributed by atoms with Crippen LogP contribution >= 0.6 is 0 Å². The lowest BCUT2D eigenvalue weighted by Crippen LogP contribution is -2.32. The van der Waals surface area contributed by atoms with E-state index in [1.165, 1.54) is 0 Å². The maximum absolute atomic E-state index is 12.9. The Kier molecular flexibility index (Phi) is 7.08. The van der Waals surface area contributed by atoms with Crippen LogP contribution in [0.2, 0.25) is 0 Å². The maximum Gasteiger partial charge on any atom is 0.312 e. The van der Waals surface area contributed by atoms with Gasteiger partial charge in [-0.05, 0) is 41.8 Å². The molecule has 0 radical (unpaired) electrons. The lowest BCUT2D eigenvalue weighted by atomic mass is 9.93. The Balaban J connectivity index is 1.77. The third-order valence-electron chi connectivity index (χ3n) is 5.41. The van der Waals surface area contributed by atoms with Gasteiger partial charge in [-0.1, -0.05) is 37.6 Å². The fourth-order valence-electron chi connectivity index (χ4n) is 3.74. The van der Waals surface area contributed by atoms with Gasteiger partial charge in [0.15, 0.2) is 0 Å². The van der Waals surface area contributed by atoms with Gasteiger partial charge in [0.25, 0.3) is 0 Å². The van der Waals surface area contributed by atoms with Crippen molar-refractivity contribution in [2.45, 2.75) is 38.8 Å². The highest BCUT2D eigenvalue weighted by Gasteiger charge is 2.45. The molecule has 1 saturated heterocycles. The summed E-state index contributed by atoms with van der Waals surface area (Å²) in [5, 5.41) is 8.89. The molecule has 2 aromatic rings. The van der Waals surface area contributed by atoms with Crippen molar-refractivity contribution in [2.75, 3.05) is 13.7 Å². The fourth-order valence-corrected chi connectivity index (χ4v) is 3.74. The number of rotatable bonds is 8. The Bertz CT molecular complexity index is 916. The monoisotopic (exact) mass is 406 g/mol. The summed E-state index contributed by atoms with van der Waals surface area (Å²) in [6.07, 6.45) is 1.99. The highest BCUT2D eigenvalue weighted by Crippen LogP contribution is 2.39. The maximum atomic E-state index is 12.9. The molecular weight excluding hydrogens is 380 g/mol. The zero-order valence-electron chi connectivity index (χ0n) is 17.3. The van der Waals surface area contributed by atoms with Gasteiger partial charge in [0, 0.05) is 13.0 Å². The van der Waals surface area contributed by atoms with Crippen LogP contribution in [0.3, 0.4) is 0 Å². The quantitative estimate of drug-likeness (QED) is 0.619. The molecule has 0 aliphatic carbocycles. The van der Waals surface area contributed by atoms with Crippen LogP contribution < -0.4 is 4.74 Å². The van der Waals surface area contributed by atoms with Crippen molar-refractivity contribution in [2.24, 2.45) is 5.92 Å². The Morgan fingerprint density at radius 1 is 1.17 bits per heavy atom. The second-order valence-electron chi connectivity index (χ2n) is 7.39. The molecule has 2 aromatic carbocycles. The van der Waals surface area contributed by atoms with Crippen LogP contribution in [-0.2, 0) is 20.9 Å². The van der Waals surface area contributed by atoms with Gasteiger partial charge in [-0.25, -0.2) is 0 Å². The van der Waals surface area contributed by atoms with Gasteiger partial charge in [-0.2, -0.15) is 5.26 Å². The van der Waals surface area contributed by atoms with Gasteiger partial charge in [0.2, 0.25) is 5.91 Å². The number of carbonyl (C=O) groups excluding carboxylic acids is 2. The summed E-state index contributed by atoms with van der Waals surface area (Å²) in [4.78, 5) is 27.4. The van der Waals surface area contributed by atoms with E-state index in [1.54, 1.807) is 36.3 Å². The zero-order valence-corrected chi connectivity index (χ0v) is 17.3. The molecule has 2 atom stereocenters. The predicted molar refractivity (Wildman–Crippen MR) is 111 cm³/mol. The summed E-state index contributed by atoms with van der Waals surface area (Å²) in [5.41, 5.74) is 2.26. The second-order valence-corrected chi connectivity index (χ2v) is 7.39. The second kappa shape index (κ2) is 9.93. The largest absolute Gasteiger partial charge is 0.497 e. The highest BCUT2D eigenvalue weighted by atomic mass is 16.5. The standard InChI is InChI=1S/C24H26N2O4/c1-3-4-13-26-22(27)14-21(23(26)19-9-11-20(29-2)12-10-19)24(28)30-16-18-7-5-17(15-25)6-8-18/h5-12,21,23H,3-4,13-14,16H2,1-2H3/t21-,23-/m1/s1. The molecule has 30 heavy (non-hydrogen) atoms. The first-order chi connectivity index (χ1) is 14.6. The van der Waals surface area contributed by atoms with Crippen LogP contribution in [-0.4, -0.2) is 30.4 Å². The van der Waals surface area contributed by atoms with Crippen molar-refractivity contribution in [1.29, 1.82) is 5.26 Å². The van der Waals surface area contributed by atoms with E-state index in [9.17, 15) is 9.59 Å². The van der Waals surface area contributed by atoms with E-state index in [4.69, 9.17) is 14.7 Å². The molecule has 0 unspecified atom stereocenters. The van der Waals surface area contributed by atoms with E-state index in [-0.39, 0.29) is 30.9 Å². The van der Waals surface area contributed by atoms with Crippen LogP contribution in [0.15, 0.2) is 48.5 Å². The van der Waals surface area contributed by atoms with E-state index >= 15 is 0 Å². The van der Waals surface area contributed by atoms with E-state index in [2.05, 4.69) is 13.0 Å².